The highest BCUT2D eigenvalue weighted by atomic mass is 19.4. The molecule has 0 unspecified atom stereocenters. The molecule has 0 spiro atoms. The van der Waals surface area contributed by atoms with Crippen molar-refractivity contribution in [2.45, 2.75) is 6.18 Å². The molecule has 4 rings (SSSR count). The van der Waals surface area contributed by atoms with E-state index in [0.29, 0.717) is 16.5 Å². The second kappa shape index (κ2) is 4.37. The second-order valence-electron chi connectivity index (χ2n) is 5.10. The number of benzene rings is 2. The van der Waals surface area contributed by atoms with Gasteiger partial charge in [0.05, 0.1) is 17.3 Å². The molecule has 22 heavy (non-hydrogen) atoms. The number of aromatic nitrogens is 3. The summed E-state index contributed by atoms with van der Waals surface area (Å²) >= 11 is 0. The third-order valence-electron chi connectivity index (χ3n) is 3.77. The monoisotopic (exact) mass is 301 g/mol. The molecule has 0 amide bonds. The van der Waals surface area contributed by atoms with Gasteiger partial charge in [-0.25, -0.2) is 0 Å². The van der Waals surface area contributed by atoms with Crippen LogP contribution in [0, 0.1) is 0 Å². The fourth-order valence-corrected chi connectivity index (χ4v) is 2.76. The van der Waals surface area contributed by atoms with Crippen molar-refractivity contribution < 1.29 is 13.2 Å². The zero-order valence-electron chi connectivity index (χ0n) is 11.2. The van der Waals surface area contributed by atoms with Gasteiger partial charge in [-0.3, -0.25) is 5.10 Å². The number of nitrogens with zero attached hydrogens (tertiary/aromatic N) is 1. The molecule has 2 aromatic carbocycles. The Morgan fingerprint density at radius 1 is 0.909 bits per heavy atom. The van der Waals surface area contributed by atoms with Crippen molar-refractivity contribution in [2.75, 3.05) is 0 Å². The van der Waals surface area contributed by atoms with Gasteiger partial charge in [0.25, 0.3) is 0 Å². The number of H-pyrrole nitrogens is 2. The number of alkyl halides is 3. The highest BCUT2D eigenvalue weighted by molar-refractivity contribution is 6.04. The summed E-state index contributed by atoms with van der Waals surface area (Å²) in [4.78, 5) is 3.07. The highest BCUT2D eigenvalue weighted by Crippen LogP contribution is 2.38. The minimum absolute atomic E-state index is 0.373. The van der Waals surface area contributed by atoms with Gasteiger partial charge in [-0.15, -0.1) is 0 Å². The van der Waals surface area contributed by atoms with Crippen LogP contribution in [0.25, 0.3) is 32.9 Å². The summed E-state index contributed by atoms with van der Waals surface area (Å²) in [7, 11) is 0. The maximum Gasteiger partial charge on any atom is 0.416 e. The minimum atomic E-state index is -4.40. The van der Waals surface area contributed by atoms with E-state index < -0.39 is 11.7 Å². The molecule has 0 bridgehead atoms. The molecular formula is C16H10F3N3. The van der Waals surface area contributed by atoms with E-state index in [1.807, 2.05) is 24.3 Å². The van der Waals surface area contributed by atoms with E-state index in [1.54, 1.807) is 12.4 Å². The molecule has 0 aliphatic heterocycles. The van der Waals surface area contributed by atoms with Crippen LogP contribution < -0.4 is 0 Å². The third-order valence-corrected chi connectivity index (χ3v) is 3.77. The number of fused-ring (bicyclic) bond motifs is 2. The summed E-state index contributed by atoms with van der Waals surface area (Å²) in [6.07, 6.45) is -1.08. The first-order valence-electron chi connectivity index (χ1n) is 6.65. The smallest absolute Gasteiger partial charge is 0.361 e. The molecule has 0 fully saturated rings. The number of hydrogen-bond donors (Lipinski definition) is 2. The minimum Gasteiger partial charge on any atom is -0.361 e. The third kappa shape index (κ3) is 1.88. The first-order chi connectivity index (χ1) is 10.5. The first-order valence-corrected chi connectivity index (χ1v) is 6.65. The van der Waals surface area contributed by atoms with Crippen LogP contribution in [0.4, 0.5) is 13.2 Å². The molecule has 3 nitrogen and oxygen atoms in total. The molecule has 2 aromatic heterocycles. The van der Waals surface area contributed by atoms with Crippen molar-refractivity contribution in [1.82, 2.24) is 15.2 Å². The normalized spacial score (nSPS) is 12.3. The largest absolute Gasteiger partial charge is 0.416 e. The maximum atomic E-state index is 13.1. The van der Waals surface area contributed by atoms with Crippen LogP contribution >= 0.6 is 0 Å². The fraction of sp³-hybridized carbons (Fsp3) is 0.0625. The lowest BCUT2D eigenvalue weighted by molar-refractivity contribution is -0.137. The fourth-order valence-electron chi connectivity index (χ4n) is 2.76. The standard InChI is InChI=1S/C16H10F3N3/c17-16(18,19)9-6-12(13-8-21-22-15(13)7-9)10-2-1-3-14-11(10)4-5-20-14/h1-8,20H,(H,21,22). The summed E-state index contributed by atoms with van der Waals surface area (Å²) in [6, 6.07) is 9.65. The van der Waals surface area contributed by atoms with Crippen LogP contribution in [0.5, 0.6) is 0 Å². The van der Waals surface area contributed by atoms with Crippen molar-refractivity contribution in [1.29, 1.82) is 0 Å². The molecule has 0 aliphatic carbocycles. The summed E-state index contributed by atoms with van der Waals surface area (Å²) in [5.74, 6) is 0. The van der Waals surface area contributed by atoms with Crippen LogP contribution in [0.3, 0.4) is 0 Å². The Bertz CT molecular complexity index is 979. The van der Waals surface area contributed by atoms with E-state index >= 15 is 0 Å². The quantitative estimate of drug-likeness (QED) is 0.524. The SMILES string of the molecule is FC(F)(F)c1cc(-c2cccc3[nH]ccc23)c2cn[nH]c2c1. The highest BCUT2D eigenvalue weighted by Gasteiger charge is 2.32. The van der Waals surface area contributed by atoms with Gasteiger partial charge >= 0.3 is 6.18 Å². The van der Waals surface area contributed by atoms with Gasteiger partial charge in [-0.05, 0) is 35.4 Å². The van der Waals surface area contributed by atoms with Crippen molar-refractivity contribution in [3.63, 3.8) is 0 Å². The van der Waals surface area contributed by atoms with Gasteiger partial charge in [0, 0.05) is 22.5 Å². The van der Waals surface area contributed by atoms with Crippen LogP contribution in [-0.2, 0) is 6.18 Å². The molecule has 6 heteroatoms. The lowest BCUT2D eigenvalue weighted by Crippen LogP contribution is -2.05. The molecular weight excluding hydrogens is 291 g/mol. The van der Waals surface area contributed by atoms with E-state index in [2.05, 4.69) is 15.2 Å². The zero-order chi connectivity index (χ0) is 15.3. The Morgan fingerprint density at radius 3 is 2.59 bits per heavy atom. The number of aromatic amines is 2. The van der Waals surface area contributed by atoms with Crippen molar-refractivity contribution >= 4 is 21.8 Å². The number of hydrogen-bond acceptors (Lipinski definition) is 1. The van der Waals surface area contributed by atoms with Crippen LogP contribution in [0.15, 0.2) is 48.8 Å². The van der Waals surface area contributed by atoms with Gasteiger partial charge in [0.2, 0.25) is 0 Å². The molecule has 0 saturated heterocycles. The predicted octanol–water partition coefficient (Wildman–Crippen LogP) is 4.73. The Hall–Kier alpha value is -2.76. The lowest BCUT2D eigenvalue weighted by atomic mass is 9.96. The molecule has 2 heterocycles. The molecule has 0 atom stereocenters. The zero-order valence-corrected chi connectivity index (χ0v) is 11.2. The molecule has 4 aromatic rings. The van der Waals surface area contributed by atoms with Crippen LogP contribution in [0.2, 0.25) is 0 Å². The Morgan fingerprint density at radius 2 is 1.77 bits per heavy atom. The lowest BCUT2D eigenvalue weighted by Gasteiger charge is -2.11. The van der Waals surface area contributed by atoms with E-state index in [1.165, 1.54) is 6.07 Å². The van der Waals surface area contributed by atoms with Crippen LogP contribution in [0.1, 0.15) is 5.56 Å². The Balaban J connectivity index is 2.09. The van der Waals surface area contributed by atoms with Crippen molar-refractivity contribution in [2.24, 2.45) is 0 Å². The number of rotatable bonds is 1. The number of nitrogens with one attached hydrogen (secondary N) is 2. The summed E-state index contributed by atoms with van der Waals surface area (Å²) in [5, 5.41) is 8.05. The van der Waals surface area contributed by atoms with Gasteiger partial charge in [-0.2, -0.15) is 18.3 Å². The molecule has 0 saturated carbocycles. The van der Waals surface area contributed by atoms with Gasteiger partial charge in [-0.1, -0.05) is 12.1 Å². The van der Waals surface area contributed by atoms with E-state index in [9.17, 15) is 13.2 Å². The molecule has 0 aliphatic rings. The average molecular weight is 301 g/mol. The van der Waals surface area contributed by atoms with E-state index in [-0.39, 0.29) is 0 Å². The topological polar surface area (TPSA) is 44.5 Å². The van der Waals surface area contributed by atoms with Gasteiger partial charge in [0.15, 0.2) is 0 Å². The van der Waals surface area contributed by atoms with Crippen molar-refractivity contribution in [3.05, 3.63) is 54.4 Å². The Labute approximate surface area is 122 Å². The predicted molar refractivity (Wildman–Crippen MR) is 78.4 cm³/mol. The molecule has 2 N–H and O–H groups in total. The van der Waals surface area contributed by atoms with Crippen LogP contribution in [-0.4, -0.2) is 15.2 Å². The summed E-state index contributed by atoms with van der Waals surface area (Å²) in [6.45, 7) is 0. The van der Waals surface area contributed by atoms with Gasteiger partial charge < -0.3 is 4.98 Å². The summed E-state index contributed by atoms with van der Waals surface area (Å²) < 4.78 is 39.4. The summed E-state index contributed by atoms with van der Waals surface area (Å²) in [5.41, 5.74) is 1.83. The molecule has 110 valence electrons. The molecule has 0 radical (unpaired) electrons. The second-order valence-corrected chi connectivity index (χ2v) is 5.10. The average Bonchev–Trinajstić information content (AvgIpc) is 3.13. The number of halogens is 3. The maximum absolute atomic E-state index is 13.1. The van der Waals surface area contributed by atoms with E-state index in [4.69, 9.17) is 0 Å². The Kier molecular flexibility index (Phi) is 2.57. The van der Waals surface area contributed by atoms with Gasteiger partial charge in [0.1, 0.15) is 0 Å². The van der Waals surface area contributed by atoms with Crippen molar-refractivity contribution in [3.8, 4) is 11.1 Å². The first kappa shape index (κ1) is 12.9. The van der Waals surface area contributed by atoms with E-state index in [0.717, 1.165) is 22.5 Å².